The Balaban J connectivity index is 1.61. The highest BCUT2D eigenvalue weighted by Gasteiger charge is 2.21. The van der Waals surface area contributed by atoms with Gasteiger partial charge in [0, 0.05) is 24.9 Å². The number of benzene rings is 1. The van der Waals surface area contributed by atoms with Crippen LogP contribution in [0.4, 0.5) is 0 Å². The molecular formula is C19H24N2O2S. The largest absolute Gasteiger partial charge is 0.496 e. The molecule has 3 rings (SSSR count). The molecule has 1 amide bonds. The lowest BCUT2D eigenvalue weighted by Crippen LogP contribution is -2.39. The molecule has 2 aromatic rings. The van der Waals surface area contributed by atoms with Crippen LogP contribution >= 0.6 is 11.3 Å². The van der Waals surface area contributed by atoms with E-state index in [0.29, 0.717) is 18.8 Å². The highest BCUT2D eigenvalue weighted by molar-refractivity contribution is 7.13. The smallest absolute Gasteiger partial charge is 0.222 e. The lowest BCUT2D eigenvalue weighted by molar-refractivity contribution is -0.132. The molecule has 1 unspecified atom stereocenters. The van der Waals surface area contributed by atoms with E-state index in [2.05, 4.69) is 11.9 Å². The van der Waals surface area contributed by atoms with Gasteiger partial charge >= 0.3 is 0 Å². The Labute approximate surface area is 147 Å². The van der Waals surface area contributed by atoms with Crippen molar-refractivity contribution in [1.29, 1.82) is 0 Å². The van der Waals surface area contributed by atoms with Gasteiger partial charge in [0.25, 0.3) is 0 Å². The van der Waals surface area contributed by atoms with E-state index >= 15 is 0 Å². The summed E-state index contributed by atoms with van der Waals surface area (Å²) in [4.78, 5) is 19.1. The summed E-state index contributed by atoms with van der Waals surface area (Å²) in [6.07, 6.45) is 3.61. The fraction of sp³-hybridized carbons (Fsp3) is 0.474. The Morgan fingerprint density at radius 2 is 2.25 bits per heavy atom. The van der Waals surface area contributed by atoms with Crippen LogP contribution in [0.3, 0.4) is 0 Å². The van der Waals surface area contributed by atoms with E-state index in [1.807, 2.05) is 34.5 Å². The second-order valence-corrected chi connectivity index (χ2v) is 7.29. The number of likely N-dealkylation sites (tertiary alicyclic amines) is 1. The zero-order chi connectivity index (χ0) is 16.9. The summed E-state index contributed by atoms with van der Waals surface area (Å²) in [7, 11) is 1.67. The molecule has 0 radical (unpaired) electrons. The molecule has 1 aromatic carbocycles. The number of methoxy groups -OCH3 is 1. The van der Waals surface area contributed by atoms with E-state index < -0.39 is 0 Å². The number of thiazole rings is 1. The Hall–Kier alpha value is -1.88. The van der Waals surface area contributed by atoms with Crippen molar-refractivity contribution < 1.29 is 9.53 Å². The Kier molecular flexibility index (Phi) is 5.51. The highest BCUT2D eigenvalue weighted by atomic mass is 32.1. The number of carbonyl (C=O) groups excluding carboxylic acids is 1. The molecule has 24 heavy (non-hydrogen) atoms. The lowest BCUT2D eigenvalue weighted by Gasteiger charge is -2.31. The average molecular weight is 344 g/mol. The predicted octanol–water partition coefficient (Wildman–Crippen LogP) is 4.01. The first-order valence-corrected chi connectivity index (χ1v) is 9.41. The monoisotopic (exact) mass is 344 g/mol. The molecule has 2 heterocycles. The van der Waals surface area contributed by atoms with Gasteiger partial charge in [-0.25, -0.2) is 4.98 Å². The number of nitrogens with zero attached hydrogens (tertiary/aromatic N) is 2. The summed E-state index contributed by atoms with van der Waals surface area (Å²) in [6.45, 7) is 4.04. The third kappa shape index (κ3) is 3.96. The van der Waals surface area contributed by atoms with Gasteiger partial charge in [0.15, 0.2) is 0 Å². The number of amides is 1. The minimum atomic E-state index is 0.258. The van der Waals surface area contributed by atoms with Crippen LogP contribution in [-0.2, 0) is 11.2 Å². The zero-order valence-electron chi connectivity index (χ0n) is 14.3. The third-order valence-electron chi connectivity index (χ3n) is 4.49. The quantitative estimate of drug-likeness (QED) is 0.823. The van der Waals surface area contributed by atoms with Crippen LogP contribution in [-0.4, -0.2) is 36.0 Å². The minimum Gasteiger partial charge on any atom is -0.496 e. The molecule has 1 aliphatic rings. The van der Waals surface area contributed by atoms with E-state index in [0.717, 1.165) is 41.5 Å². The molecule has 0 saturated carbocycles. The number of carbonyl (C=O) groups is 1. The van der Waals surface area contributed by atoms with Crippen LogP contribution in [0.5, 0.6) is 5.75 Å². The minimum absolute atomic E-state index is 0.258. The van der Waals surface area contributed by atoms with E-state index in [4.69, 9.17) is 4.74 Å². The molecule has 0 aliphatic carbocycles. The van der Waals surface area contributed by atoms with Gasteiger partial charge in [-0.2, -0.15) is 0 Å². The normalized spacial score (nSPS) is 17.8. The fourth-order valence-electron chi connectivity index (χ4n) is 3.18. The van der Waals surface area contributed by atoms with Crippen molar-refractivity contribution in [3.8, 4) is 16.3 Å². The van der Waals surface area contributed by atoms with E-state index in [1.165, 1.54) is 6.42 Å². The average Bonchev–Trinajstić information content (AvgIpc) is 3.08. The molecule has 1 atom stereocenters. The maximum atomic E-state index is 12.4. The third-order valence-corrected chi connectivity index (χ3v) is 5.42. The van der Waals surface area contributed by atoms with E-state index in [1.54, 1.807) is 18.4 Å². The molecule has 128 valence electrons. The number of piperidine rings is 1. The Morgan fingerprint density at radius 3 is 3.04 bits per heavy atom. The molecule has 5 heteroatoms. The molecule has 1 aliphatic heterocycles. The second-order valence-electron chi connectivity index (χ2n) is 6.43. The number of hydrogen-bond acceptors (Lipinski definition) is 4. The maximum Gasteiger partial charge on any atom is 0.222 e. The summed E-state index contributed by atoms with van der Waals surface area (Å²) in [5, 5.41) is 3.00. The summed E-state index contributed by atoms with van der Waals surface area (Å²) in [5.74, 6) is 1.71. The first kappa shape index (κ1) is 17.0. The van der Waals surface area contributed by atoms with Crippen molar-refractivity contribution >= 4 is 17.2 Å². The van der Waals surface area contributed by atoms with Crippen LogP contribution in [0.2, 0.25) is 0 Å². The summed E-state index contributed by atoms with van der Waals surface area (Å²) in [5.41, 5.74) is 1.99. The first-order valence-electron chi connectivity index (χ1n) is 8.53. The standard InChI is InChI=1S/C19H24N2O2S/c1-14-6-5-11-21(12-14)18(22)10-9-15-13-24-19(20-15)16-7-3-4-8-17(16)23-2/h3-4,7-8,13-14H,5-6,9-12H2,1-2H3. The van der Waals surface area contributed by atoms with Gasteiger partial charge in [-0.05, 0) is 37.3 Å². The van der Waals surface area contributed by atoms with Crippen molar-refractivity contribution in [1.82, 2.24) is 9.88 Å². The molecule has 0 N–H and O–H groups in total. The first-order chi connectivity index (χ1) is 11.7. The van der Waals surface area contributed by atoms with Crippen LogP contribution in [0.1, 0.15) is 31.9 Å². The van der Waals surface area contributed by atoms with Gasteiger partial charge < -0.3 is 9.64 Å². The number of rotatable bonds is 5. The number of aromatic nitrogens is 1. The molecule has 1 fully saturated rings. The molecule has 1 aromatic heterocycles. The number of hydrogen-bond donors (Lipinski definition) is 0. The molecular weight excluding hydrogens is 320 g/mol. The molecule has 4 nitrogen and oxygen atoms in total. The van der Waals surface area contributed by atoms with E-state index in [-0.39, 0.29) is 5.91 Å². The topological polar surface area (TPSA) is 42.4 Å². The van der Waals surface area contributed by atoms with Crippen LogP contribution < -0.4 is 4.74 Å². The molecule has 0 spiro atoms. The SMILES string of the molecule is COc1ccccc1-c1nc(CCC(=O)N2CCCC(C)C2)cs1. The Bertz CT molecular complexity index is 698. The number of para-hydroxylation sites is 1. The second kappa shape index (κ2) is 7.79. The van der Waals surface area contributed by atoms with Gasteiger partial charge in [0.05, 0.1) is 18.4 Å². The summed E-state index contributed by atoms with van der Waals surface area (Å²) < 4.78 is 5.40. The maximum absolute atomic E-state index is 12.4. The van der Waals surface area contributed by atoms with Gasteiger partial charge in [0.2, 0.25) is 5.91 Å². The van der Waals surface area contributed by atoms with Gasteiger partial charge in [-0.1, -0.05) is 19.1 Å². The van der Waals surface area contributed by atoms with Crippen LogP contribution in [0.15, 0.2) is 29.6 Å². The molecule has 1 saturated heterocycles. The lowest BCUT2D eigenvalue weighted by atomic mass is 10.00. The van der Waals surface area contributed by atoms with Gasteiger partial charge in [-0.3, -0.25) is 4.79 Å². The van der Waals surface area contributed by atoms with Crippen LogP contribution in [0.25, 0.3) is 10.6 Å². The van der Waals surface area contributed by atoms with Crippen molar-refractivity contribution in [3.05, 3.63) is 35.3 Å². The summed E-state index contributed by atoms with van der Waals surface area (Å²) in [6, 6.07) is 7.90. The zero-order valence-corrected chi connectivity index (χ0v) is 15.1. The highest BCUT2D eigenvalue weighted by Crippen LogP contribution is 2.32. The Morgan fingerprint density at radius 1 is 1.42 bits per heavy atom. The van der Waals surface area contributed by atoms with E-state index in [9.17, 15) is 4.79 Å². The predicted molar refractivity (Wildman–Crippen MR) is 97.4 cm³/mol. The molecule has 0 bridgehead atoms. The van der Waals surface area contributed by atoms with Crippen molar-refractivity contribution in [2.45, 2.75) is 32.6 Å². The summed E-state index contributed by atoms with van der Waals surface area (Å²) >= 11 is 1.60. The number of ether oxygens (including phenoxy) is 1. The van der Waals surface area contributed by atoms with Gasteiger partial charge in [0.1, 0.15) is 10.8 Å². The fourth-order valence-corrected chi connectivity index (χ4v) is 4.06. The number of aryl methyl sites for hydroxylation is 1. The van der Waals surface area contributed by atoms with Crippen molar-refractivity contribution in [3.63, 3.8) is 0 Å². The van der Waals surface area contributed by atoms with Gasteiger partial charge in [-0.15, -0.1) is 11.3 Å². The van der Waals surface area contributed by atoms with Crippen molar-refractivity contribution in [2.75, 3.05) is 20.2 Å². The van der Waals surface area contributed by atoms with Crippen molar-refractivity contribution in [2.24, 2.45) is 5.92 Å². The van der Waals surface area contributed by atoms with Crippen LogP contribution in [0, 0.1) is 5.92 Å².